The van der Waals surface area contributed by atoms with Gasteiger partial charge in [-0.1, -0.05) is 24.3 Å². The first-order valence-corrected chi connectivity index (χ1v) is 10.9. The van der Waals surface area contributed by atoms with Gasteiger partial charge in [-0.05, 0) is 54.0 Å². The molecule has 8 heteroatoms. The minimum absolute atomic E-state index is 0.0796. The van der Waals surface area contributed by atoms with Crippen molar-refractivity contribution in [3.05, 3.63) is 39.7 Å². The molecule has 1 saturated carbocycles. The maximum atomic E-state index is 10.4. The summed E-state index contributed by atoms with van der Waals surface area (Å²) in [6.07, 6.45) is 8.61. The predicted octanol–water partition coefficient (Wildman–Crippen LogP) is 3.55. The zero-order chi connectivity index (χ0) is 20.5. The SMILES string of the molecule is Cc1sc(OC[C@H](O)C=C[C@H]2CCC(O)[C@@H]2CC=CCOCC(=O)O)cc1Br. The lowest BCUT2D eigenvalue weighted by Crippen LogP contribution is -2.19. The van der Waals surface area contributed by atoms with Gasteiger partial charge >= 0.3 is 5.97 Å². The van der Waals surface area contributed by atoms with E-state index in [1.54, 1.807) is 12.2 Å². The van der Waals surface area contributed by atoms with E-state index in [9.17, 15) is 15.0 Å². The Bertz CT molecular complexity index is 667. The number of aryl methyl sites for hydroxylation is 1. The largest absolute Gasteiger partial charge is 0.481 e. The molecule has 0 amide bonds. The van der Waals surface area contributed by atoms with Crippen LogP contribution in [-0.2, 0) is 9.53 Å². The molecule has 1 aliphatic carbocycles. The summed E-state index contributed by atoms with van der Waals surface area (Å²) in [5.74, 6) is -0.724. The topological polar surface area (TPSA) is 96.2 Å². The van der Waals surface area contributed by atoms with Crippen LogP contribution in [0, 0.1) is 18.8 Å². The zero-order valence-corrected chi connectivity index (χ0v) is 18.2. The van der Waals surface area contributed by atoms with E-state index < -0.39 is 12.1 Å². The first-order chi connectivity index (χ1) is 13.4. The quantitative estimate of drug-likeness (QED) is 0.335. The van der Waals surface area contributed by atoms with Crippen molar-refractivity contribution >= 4 is 33.2 Å². The van der Waals surface area contributed by atoms with E-state index in [1.807, 2.05) is 25.1 Å². The second-order valence-electron chi connectivity index (χ2n) is 6.82. The third kappa shape index (κ3) is 7.67. The number of aliphatic hydroxyl groups excluding tert-OH is 2. The minimum atomic E-state index is -0.991. The number of halogens is 1. The van der Waals surface area contributed by atoms with Crippen LogP contribution in [-0.4, -0.2) is 53.3 Å². The Kier molecular flexibility index (Phi) is 9.67. The summed E-state index contributed by atoms with van der Waals surface area (Å²) in [6.45, 7) is 2.10. The summed E-state index contributed by atoms with van der Waals surface area (Å²) in [7, 11) is 0. The summed E-state index contributed by atoms with van der Waals surface area (Å²) in [4.78, 5) is 11.5. The van der Waals surface area contributed by atoms with Gasteiger partial charge in [0.1, 0.15) is 19.3 Å². The number of aliphatic hydroxyl groups is 2. The molecule has 1 aliphatic rings. The fourth-order valence-electron chi connectivity index (χ4n) is 3.18. The third-order valence-electron chi connectivity index (χ3n) is 4.67. The maximum Gasteiger partial charge on any atom is 0.329 e. The van der Waals surface area contributed by atoms with Gasteiger partial charge in [-0.15, -0.1) is 11.3 Å². The van der Waals surface area contributed by atoms with Crippen molar-refractivity contribution in [2.45, 2.75) is 38.4 Å². The van der Waals surface area contributed by atoms with Crippen molar-refractivity contribution in [1.82, 2.24) is 0 Å². The molecule has 3 N–H and O–H groups in total. The average molecular weight is 475 g/mol. The first kappa shape index (κ1) is 23.1. The maximum absolute atomic E-state index is 10.4. The molecular weight excluding hydrogens is 448 g/mol. The van der Waals surface area contributed by atoms with E-state index in [2.05, 4.69) is 15.9 Å². The van der Waals surface area contributed by atoms with Gasteiger partial charge in [-0.2, -0.15) is 0 Å². The minimum Gasteiger partial charge on any atom is -0.481 e. The number of aliphatic carboxylic acids is 1. The number of hydrogen-bond donors (Lipinski definition) is 3. The van der Waals surface area contributed by atoms with Crippen LogP contribution in [0.4, 0.5) is 0 Å². The molecule has 0 spiro atoms. The van der Waals surface area contributed by atoms with Crippen LogP contribution in [0.1, 0.15) is 24.1 Å². The van der Waals surface area contributed by atoms with Gasteiger partial charge in [0.25, 0.3) is 0 Å². The molecule has 0 radical (unpaired) electrons. The molecule has 0 aliphatic heterocycles. The Balaban J connectivity index is 1.76. The molecule has 1 aromatic heterocycles. The molecule has 6 nitrogen and oxygen atoms in total. The lowest BCUT2D eigenvalue weighted by molar-refractivity contribution is -0.141. The highest BCUT2D eigenvalue weighted by Crippen LogP contribution is 2.36. The number of allylic oxidation sites excluding steroid dienone is 2. The van der Waals surface area contributed by atoms with Crippen molar-refractivity contribution < 1.29 is 29.6 Å². The monoisotopic (exact) mass is 474 g/mol. The Morgan fingerprint density at radius 3 is 2.89 bits per heavy atom. The van der Waals surface area contributed by atoms with Crippen LogP contribution in [0.2, 0.25) is 0 Å². The molecular formula is C20H27BrO6S. The summed E-state index contributed by atoms with van der Waals surface area (Å²) in [5.41, 5.74) is 0. The summed E-state index contributed by atoms with van der Waals surface area (Å²) in [5, 5.41) is 29.6. The normalized spacial score (nSPS) is 23.6. The summed E-state index contributed by atoms with van der Waals surface area (Å²) >= 11 is 4.97. The fourth-order valence-corrected chi connectivity index (χ4v) is 4.55. The highest BCUT2D eigenvalue weighted by Gasteiger charge is 2.32. The molecule has 1 fully saturated rings. The average Bonchev–Trinajstić information content (AvgIpc) is 3.16. The van der Waals surface area contributed by atoms with Gasteiger partial charge in [0.05, 0.1) is 12.7 Å². The van der Waals surface area contributed by atoms with Crippen LogP contribution >= 0.6 is 27.3 Å². The Labute approximate surface area is 177 Å². The number of carbonyl (C=O) groups is 1. The van der Waals surface area contributed by atoms with Gasteiger partial charge in [0.2, 0.25) is 0 Å². The number of carboxylic acid groups (broad SMARTS) is 1. The Hall–Kier alpha value is -1.19. The summed E-state index contributed by atoms with van der Waals surface area (Å²) in [6, 6.07) is 1.90. The third-order valence-corrected chi connectivity index (χ3v) is 6.71. The molecule has 1 aromatic rings. The van der Waals surface area contributed by atoms with Crippen molar-refractivity contribution in [2.75, 3.05) is 19.8 Å². The van der Waals surface area contributed by atoms with E-state index in [4.69, 9.17) is 14.6 Å². The molecule has 4 atom stereocenters. The van der Waals surface area contributed by atoms with Crippen LogP contribution < -0.4 is 4.74 Å². The van der Waals surface area contributed by atoms with Crippen molar-refractivity contribution in [1.29, 1.82) is 0 Å². The predicted molar refractivity (Wildman–Crippen MR) is 112 cm³/mol. The fraction of sp³-hybridized carbons (Fsp3) is 0.550. The van der Waals surface area contributed by atoms with Gasteiger partial charge in [-0.3, -0.25) is 0 Å². The van der Waals surface area contributed by atoms with Crippen molar-refractivity contribution in [3.63, 3.8) is 0 Å². The van der Waals surface area contributed by atoms with Crippen molar-refractivity contribution in [3.8, 4) is 5.06 Å². The van der Waals surface area contributed by atoms with E-state index in [0.29, 0.717) is 6.42 Å². The lowest BCUT2D eigenvalue weighted by atomic mass is 9.90. The number of rotatable bonds is 11. The van der Waals surface area contributed by atoms with E-state index >= 15 is 0 Å². The molecule has 156 valence electrons. The molecule has 0 bridgehead atoms. The second kappa shape index (κ2) is 11.7. The van der Waals surface area contributed by atoms with E-state index in [0.717, 1.165) is 27.3 Å². The Morgan fingerprint density at radius 2 is 2.21 bits per heavy atom. The number of hydrogen-bond acceptors (Lipinski definition) is 6. The smallest absolute Gasteiger partial charge is 0.329 e. The number of carboxylic acids is 1. The molecule has 0 saturated heterocycles. The van der Waals surface area contributed by atoms with Gasteiger partial charge < -0.3 is 24.8 Å². The van der Waals surface area contributed by atoms with Crippen LogP contribution in [0.15, 0.2) is 34.8 Å². The van der Waals surface area contributed by atoms with E-state index in [-0.39, 0.29) is 37.8 Å². The standard InChI is InChI=1S/C20H27BrO6S/c1-13-17(21)10-20(28-13)27-11-15(22)7-5-14-6-8-18(23)16(14)4-2-3-9-26-12-19(24)25/h2-3,5,7,10,14-16,18,22-23H,4,6,8-9,11-12H2,1H3,(H,24,25)/t14-,15+,16+,18?/m0/s1. The molecule has 2 rings (SSSR count). The van der Waals surface area contributed by atoms with Gasteiger partial charge in [-0.25, -0.2) is 4.79 Å². The molecule has 1 unspecified atom stereocenters. The number of ether oxygens (including phenoxy) is 2. The number of thiophene rings is 1. The highest BCUT2D eigenvalue weighted by molar-refractivity contribution is 9.10. The highest BCUT2D eigenvalue weighted by atomic mass is 79.9. The molecule has 28 heavy (non-hydrogen) atoms. The van der Waals surface area contributed by atoms with Crippen LogP contribution in [0.5, 0.6) is 5.06 Å². The van der Waals surface area contributed by atoms with Crippen LogP contribution in [0.3, 0.4) is 0 Å². The molecule has 0 aromatic carbocycles. The Morgan fingerprint density at radius 1 is 1.43 bits per heavy atom. The van der Waals surface area contributed by atoms with E-state index in [1.165, 1.54) is 11.3 Å². The zero-order valence-electron chi connectivity index (χ0n) is 15.8. The lowest BCUT2D eigenvalue weighted by Gasteiger charge is -2.18. The van der Waals surface area contributed by atoms with Crippen LogP contribution in [0.25, 0.3) is 0 Å². The van der Waals surface area contributed by atoms with Gasteiger partial charge in [0.15, 0.2) is 5.06 Å². The first-order valence-electron chi connectivity index (χ1n) is 9.24. The summed E-state index contributed by atoms with van der Waals surface area (Å²) < 4.78 is 11.6. The van der Waals surface area contributed by atoms with Gasteiger partial charge in [0, 0.05) is 15.4 Å². The van der Waals surface area contributed by atoms with Crippen molar-refractivity contribution in [2.24, 2.45) is 11.8 Å². The second-order valence-corrected chi connectivity index (χ2v) is 8.89. The molecule has 1 heterocycles.